The van der Waals surface area contributed by atoms with Crippen LogP contribution in [0.3, 0.4) is 0 Å². The van der Waals surface area contributed by atoms with Crippen molar-refractivity contribution in [1.29, 1.82) is 0 Å². The predicted molar refractivity (Wildman–Crippen MR) is 112 cm³/mol. The molecular weight excluding hydrogens is 366 g/mol. The van der Waals surface area contributed by atoms with Gasteiger partial charge in [0, 0.05) is 11.4 Å². The number of hydrogen-bond donors (Lipinski definition) is 0. The summed E-state index contributed by atoms with van der Waals surface area (Å²) >= 11 is 1.68. The first kappa shape index (κ1) is 18.3. The van der Waals surface area contributed by atoms with Crippen LogP contribution in [0.15, 0.2) is 101 Å². The van der Waals surface area contributed by atoms with E-state index in [4.69, 9.17) is 4.42 Å². The smallest absolute Gasteiger partial charge is 0.290 e. The molecule has 0 aliphatic carbocycles. The van der Waals surface area contributed by atoms with E-state index < -0.39 is 0 Å². The van der Waals surface area contributed by atoms with Gasteiger partial charge in [-0.05, 0) is 41.1 Å². The molecule has 4 aromatic rings. The van der Waals surface area contributed by atoms with Crippen molar-refractivity contribution in [2.45, 2.75) is 19.0 Å². The maximum Gasteiger partial charge on any atom is 0.290 e. The molecule has 4 rings (SSSR count). The molecule has 2 aromatic heterocycles. The maximum absolute atomic E-state index is 13.4. The second kappa shape index (κ2) is 8.72. The molecule has 2 heterocycles. The number of carbonyl (C=O) groups excluding carboxylic acids is 1. The molecule has 1 amide bonds. The van der Waals surface area contributed by atoms with E-state index in [9.17, 15) is 4.79 Å². The van der Waals surface area contributed by atoms with Crippen LogP contribution >= 0.6 is 11.3 Å². The van der Waals surface area contributed by atoms with E-state index in [1.807, 2.05) is 47.4 Å². The Kier molecular flexibility index (Phi) is 5.69. The van der Waals surface area contributed by atoms with Crippen molar-refractivity contribution in [1.82, 2.24) is 4.90 Å². The highest BCUT2D eigenvalue weighted by Gasteiger charge is 2.28. The minimum absolute atomic E-state index is 0.0693. The summed E-state index contributed by atoms with van der Waals surface area (Å²) in [6.45, 7) is 0.524. The third kappa shape index (κ3) is 4.24. The Bertz CT molecular complexity index is 980. The van der Waals surface area contributed by atoms with E-state index in [0.29, 0.717) is 12.3 Å². The van der Waals surface area contributed by atoms with Crippen molar-refractivity contribution < 1.29 is 9.21 Å². The lowest BCUT2D eigenvalue weighted by Gasteiger charge is -2.31. The number of nitrogens with zero attached hydrogens (tertiary/aromatic N) is 1. The standard InChI is InChI=1S/C24H21NO2S/c26-24(22-13-7-15-27-22)25(18-20-11-5-2-6-12-20)21(23-14-8-16-28-23)17-19-9-3-1-4-10-19/h1-16,21H,17-18H2. The van der Waals surface area contributed by atoms with E-state index in [2.05, 4.69) is 35.7 Å². The zero-order valence-electron chi connectivity index (χ0n) is 15.4. The Labute approximate surface area is 168 Å². The molecule has 0 N–H and O–H groups in total. The summed E-state index contributed by atoms with van der Waals surface area (Å²) < 4.78 is 5.44. The molecular formula is C24H21NO2S. The first-order valence-corrected chi connectivity index (χ1v) is 10.1. The first-order chi connectivity index (χ1) is 13.8. The highest BCUT2D eigenvalue weighted by Crippen LogP contribution is 2.31. The molecule has 0 saturated heterocycles. The van der Waals surface area contributed by atoms with Gasteiger partial charge >= 0.3 is 0 Å². The van der Waals surface area contributed by atoms with Gasteiger partial charge in [0.15, 0.2) is 5.76 Å². The van der Waals surface area contributed by atoms with Crippen LogP contribution in [0.25, 0.3) is 0 Å². The summed E-state index contributed by atoms with van der Waals surface area (Å²) in [5.41, 5.74) is 2.29. The fraction of sp³-hybridized carbons (Fsp3) is 0.125. The van der Waals surface area contributed by atoms with E-state index in [1.54, 1.807) is 29.7 Å². The SMILES string of the molecule is O=C(c1ccco1)N(Cc1ccccc1)C(Cc1ccccc1)c1cccs1. The van der Waals surface area contributed by atoms with E-state index in [1.165, 1.54) is 10.4 Å². The van der Waals surface area contributed by atoms with Gasteiger partial charge in [-0.15, -0.1) is 11.3 Å². The van der Waals surface area contributed by atoms with Crippen LogP contribution in [-0.2, 0) is 13.0 Å². The van der Waals surface area contributed by atoms with Crippen molar-refractivity contribution in [2.24, 2.45) is 0 Å². The monoisotopic (exact) mass is 387 g/mol. The van der Waals surface area contributed by atoms with Crippen LogP contribution in [-0.4, -0.2) is 10.8 Å². The van der Waals surface area contributed by atoms with Gasteiger partial charge in [-0.25, -0.2) is 0 Å². The molecule has 1 atom stereocenters. The third-order valence-corrected chi connectivity index (χ3v) is 5.68. The van der Waals surface area contributed by atoms with E-state index in [0.717, 1.165) is 12.0 Å². The van der Waals surface area contributed by atoms with Crippen molar-refractivity contribution >= 4 is 17.2 Å². The Morgan fingerprint density at radius 2 is 1.57 bits per heavy atom. The molecule has 0 aliphatic rings. The quantitative estimate of drug-likeness (QED) is 0.391. The van der Waals surface area contributed by atoms with Gasteiger partial charge in [0.2, 0.25) is 0 Å². The zero-order chi connectivity index (χ0) is 19.2. The molecule has 0 aliphatic heterocycles. The van der Waals surface area contributed by atoms with Crippen LogP contribution in [0, 0.1) is 0 Å². The highest BCUT2D eigenvalue weighted by atomic mass is 32.1. The zero-order valence-corrected chi connectivity index (χ0v) is 16.2. The summed E-state index contributed by atoms with van der Waals surface area (Å²) in [4.78, 5) is 16.5. The van der Waals surface area contributed by atoms with Crippen molar-refractivity contribution in [3.05, 3.63) is 118 Å². The average Bonchev–Trinajstić information content (AvgIpc) is 3.46. The van der Waals surface area contributed by atoms with Crippen LogP contribution in [0.5, 0.6) is 0 Å². The van der Waals surface area contributed by atoms with E-state index in [-0.39, 0.29) is 11.9 Å². The fourth-order valence-electron chi connectivity index (χ4n) is 3.33. The average molecular weight is 388 g/mol. The normalized spacial score (nSPS) is 11.9. The lowest BCUT2D eigenvalue weighted by Crippen LogP contribution is -2.35. The van der Waals surface area contributed by atoms with Crippen molar-refractivity contribution in [3.8, 4) is 0 Å². The third-order valence-electron chi connectivity index (χ3n) is 4.71. The van der Waals surface area contributed by atoms with Gasteiger partial charge in [0.05, 0.1) is 12.3 Å². The molecule has 28 heavy (non-hydrogen) atoms. The minimum Gasteiger partial charge on any atom is -0.459 e. The van der Waals surface area contributed by atoms with Gasteiger partial charge in [-0.1, -0.05) is 66.7 Å². The number of hydrogen-bond acceptors (Lipinski definition) is 3. The summed E-state index contributed by atoms with van der Waals surface area (Å²) in [6.07, 6.45) is 2.30. The van der Waals surface area contributed by atoms with Crippen LogP contribution in [0.4, 0.5) is 0 Å². The second-order valence-electron chi connectivity index (χ2n) is 6.62. The largest absolute Gasteiger partial charge is 0.459 e. The van der Waals surface area contributed by atoms with Gasteiger partial charge in [-0.2, -0.15) is 0 Å². The van der Waals surface area contributed by atoms with Crippen LogP contribution in [0.2, 0.25) is 0 Å². The summed E-state index contributed by atoms with van der Waals surface area (Å²) in [6, 6.07) is 28.0. The molecule has 0 bridgehead atoms. The summed E-state index contributed by atoms with van der Waals surface area (Å²) in [7, 11) is 0. The first-order valence-electron chi connectivity index (χ1n) is 9.27. The number of furan rings is 1. The van der Waals surface area contributed by atoms with Crippen molar-refractivity contribution in [3.63, 3.8) is 0 Å². The predicted octanol–water partition coefficient (Wildman–Crippen LogP) is 5.97. The Balaban J connectivity index is 1.72. The van der Waals surface area contributed by atoms with E-state index >= 15 is 0 Å². The molecule has 0 saturated carbocycles. The Hall–Kier alpha value is -3.11. The Morgan fingerprint density at radius 3 is 2.18 bits per heavy atom. The van der Waals surface area contributed by atoms with Gasteiger partial charge in [0.1, 0.15) is 0 Å². The lowest BCUT2D eigenvalue weighted by molar-refractivity contribution is 0.0627. The molecule has 0 fully saturated rings. The van der Waals surface area contributed by atoms with Gasteiger partial charge in [0.25, 0.3) is 5.91 Å². The molecule has 0 spiro atoms. The number of thiophene rings is 1. The minimum atomic E-state index is -0.0943. The second-order valence-corrected chi connectivity index (χ2v) is 7.60. The Morgan fingerprint density at radius 1 is 0.857 bits per heavy atom. The van der Waals surface area contributed by atoms with Crippen molar-refractivity contribution in [2.75, 3.05) is 0 Å². The lowest BCUT2D eigenvalue weighted by atomic mass is 10.0. The highest BCUT2D eigenvalue weighted by molar-refractivity contribution is 7.10. The molecule has 1 unspecified atom stereocenters. The van der Waals surface area contributed by atoms with Gasteiger partial charge < -0.3 is 9.32 Å². The number of benzene rings is 2. The number of carbonyl (C=O) groups is 1. The number of amides is 1. The number of rotatable bonds is 7. The summed E-state index contributed by atoms with van der Waals surface area (Å²) in [5, 5.41) is 2.06. The molecule has 0 radical (unpaired) electrons. The van der Waals surface area contributed by atoms with Gasteiger partial charge in [-0.3, -0.25) is 4.79 Å². The molecule has 3 nitrogen and oxygen atoms in total. The maximum atomic E-state index is 13.4. The molecule has 140 valence electrons. The molecule has 4 heteroatoms. The summed E-state index contributed by atoms with van der Waals surface area (Å²) in [5.74, 6) is 0.272. The topological polar surface area (TPSA) is 33.5 Å². The van der Waals surface area contributed by atoms with Crippen LogP contribution < -0.4 is 0 Å². The van der Waals surface area contributed by atoms with Crippen LogP contribution in [0.1, 0.15) is 32.6 Å². The fourth-order valence-corrected chi connectivity index (χ4v) is 4.17. The molecule has 2 aromatic carbocycles.